The van der Waals surface area contributed by atoms with Gasteiger partial charge in [-0.3, -0.25) is 0 Å². The lowest BCUT2D eigenvalue weighted by Crippen LogP contribution is -2.26. The van der Waals surface area contributed by atoms with E-state index in [-0.39, 0.29) is 5.92 Å². The number of rotatable bonds is 4. The lowest BCUT2D eigenvalue weighted by Gasteiger charge is -2.14. The molecule has 0 spiro atoms. The van der Waals surface area contributed by atoms with Gasteiger partial charge in [0.15, 0.2) is 0 Å². The van der Waals surface area contributed by atoms with Gasteiger partial charge in [-0.25, -0.2) is 4.79 Å². The SMILES string of the molecule is Cc1ccc(N)c(C#CCCNC(=O)OCC2c3ccccc3-c3ccccc32)c1. The molecule has 3 aromatic rings. The highest BCUT2D eigenvalue weighted by Gasteiger charge is 2.28. The highest BCUT2D eigenvalue weighted by atomic mass is 16.5. The van der Waals surface area contributed by atoms with E-state index < -0.39 is 6.09 Å². The van der Waals surface area contributed by atoms with Gasteiger partial charge in [-0.2, -0.15) is 0 Å². The summed E-state index contributed by atoms with van der Waals surface area (Å²) in [6.45, 7) is 2.74. The second kappa shape index (κ2) is 8.75. The Hall–Kier alpha value is -3.71. The molecule has 4 nitrogen and oxygen atoms in total. The molecule has 4 rings (SSSR count). The van der Waals surface area contributed by atoms with Gasteiger partial charge in [0.25, 0.3) is 0 Å². The third-order valence-corrected chi connectivity index (χ3v) is 5.29. The summed E-state index contributed by atoms with van der Waals surface area (Å²) in [5, 5.41) is 2.77. The van der Waals surface area contributed by atoms with Crippen molar-refractivity contribution in [3.05, 3.63) is 89.0 Å². The van der Waals surface area contributed by atoms with Gasteiger partial charge in [-0.1, -0.05) is 66.4 Å². The van der Waals surface area contributed by atoms with Crippen LogP contribution >= 0.6 is 0 Å². The summed E-state index contributed by atoms with van der Waals surface area (Å²) in [5.41, 5.74) is 13.4. The van der Waals surface area contributed by atoms with Gasteiger partial charge in [-0.15, -0.1) is 0 Å². The van der Waals surface area contributed by atoms with Gasteiger partial charge in [0.1, 0.15) is 6.61 Å². The number of anilines is 1. The maximum Gasteiger partial charge on any atom is 0.407 e. The predicted molar refractivity (Wildman–Crippen MR) is 120 cm³/mol. The molecule has 150 valence electrons. The molecular formula is C26H24N2O2. The lowest BCUT2D eigenvalue weighted by molar-refractivity contribution is 0.143. The van der Waals surface area contributed by atoms with Crippen LogP contribution in [0.5, 0.6) is 0 Å². The van der Waals surface area contributed by atoms with Crippen LogP contribution in [0.15, 0.2) is 66.7 Å². The average Bonchev–Trinajstić information content (AvgIpc) is 3.08. The number of nitrogens with two attached hydrogens (primary N) is 1. The second-order valence-corrected chi connectivity index (χ2v) is 7.39. The molecule has 0 saturated carbocycles. The first-order valence-corrected chi connectivity index (χ1v) is 10.1. The molecule has 1 aliphatic carbocycles. The van der Waals surface area contributed by atoms with Gasteiger partial charge in [0, 0.05) is 30.1 Å². The Bertz CT molecular complexity index is 1100. The van der Waals surface area contributed by atoms with E-state index in [2.05, 4.69) is 41.4 Å². The van der Waals surface area contributed by atoms with Crippen LogP contribution in [0.2, 0.25) is 0 Å². The van der Waals surface area contributed by atoms with Gasteiger partial charge < -0.3 is 15.8 Å². The zero-order valence-corrected chi connectivity index (χ0v) is 16.9. The fraction of sp³-hybridized carbons (Fsp3) is 0.192. The molecule has 0 unspecified atom stereocenters. The van der Waals surface area contributed by atoms with Crippen molar-refractivity contribution in [3.63, 3.8) is 0 Å². The summed E-state index contributed by atoms with van der Waals surface area (Å²) in [7, 11) is 0. The number of alkyl carbamates (subject to hydrolysis) is 1. The smallest absolute Gasteiger partial charge is 0.407 e. The van der Waals surface area contributed by atoms with Crippen molar-refractivity contribution in [2.24, 2.45) is 0 Å². The average molecular weight is 396 g/mol. The molecule has 0 aromatic heterocycles. The number of ether oxygens (including phenoxy) is 1. The molecular weight excluding hydrogens is 372 g/mol. The van der Waals surface area contributed by atoms with Gasteiger partial charge >= 0.3 is 6.09 Å². The molecule has 1 aliphatic rings. The van der Waals surface area contributed by atoms with Crippen LogP contribution in [0.25, 0.3) is 11.1 Å². The number of hydrogen-bond acceptors (Lipinski definition) is 3. The molecule has 0 aliphatic heterocycles. The predicted octanol–water partition coefficient (Wildman–Crippen LogP) is 4.86. The third kappa shape index (κ3) is 4.16. The van der Waals surface area contributed by atoms with Crippen molar-refractivity contribution in [3.8, 4) is 23.0 Å². The molecule has 0 heterocycles. The summed E-state index contributed by atoms with van der Waals surface area (Å²) < 4.78 is 5.52. The Morgan fingerprint density at radius 3 is 2.40 bits per heavy atom. The molecule has 30 heavy (non-hydrogen) atoms. The van der Waals surface area contributed by atoms with Crippen LogP contribution in [0, 0.1) is 18.8 Å². The van der Waals surface area contributed by atoms with E-state index in [0.717, 1.165) is 11.1 Å². The first-order chi connectivity index (χ1) is 14.6. The maximum atomic E-state index is 12.2. The van der Waals surface area contributed by atoms with Crippen molar-refractivity contribution in [1.29, 1.82) is 0 Å². The van der Waals surface area contributed by atoms with E-state index in [1.807, 2.05) is 49.4 Å². The number of carbonyl (C=O) groups excluding carboxylic acids is 1. The minimum atomic E-state index is -0.422. The molecule has 0 saturated heterocycles. The number of hydrogen-bond donors (Lipinski definition) is 2. The van der Waals surface area contributed by atoms with Gasteiger partial charge in [0.2, 0.25) is 0 Å². The zero-order chi connectivity index (χ0) is 20.9. The Morgan fingerprint density at radius 1 is 1.03 bits per heavy atom. The Kier molecular flexibility index (Phi) is 5.72. The Morgan fingerprint density at radius 2 is 1.70 bits per heavy atom. The van der Waals surface area contributed by atoms with E-state index in [1.54, 1.807) is 0 Å². The van der Waals surface area contributed by atoms with Crippen LogP contribution in [-0.4, -0.2) is 19.2 Å². The number of carbonyl (C=O) groups is 1. The minimum Gasteiger partial charge on any atom is -0.449 e. The van der Waals surface area contributed by atoms with Gasteiger partial charge in [0.05, 0.1) is 0 Å². The highest BCUT2D eigenvalue weighted by Crippen LogP contribution is 2.44. The summed E-state index contributed by atoms with van der Waals surface area (Å²) in [6, 6.07) is 22.3. The zero-order valence-electron chi connectivity index (χ0n) is 16.9. The molecule has 0 radical (unpaired) electrons. The summed E-state index contributed by atoms with van der Waals surface area (Å²) in [5.74, 6) is 6.17. The van der Waals surface area contributed by atoms with Crippen LogP contribution < -0.4 is 11.1 Å². The first kappa shape index (κ1) is 19.6. The Balaban J connectivity index is 1.30. The summed E-state index contributed by atoms with van der Waals surface area (Å²) in [4.78, 5) is 12.2. The molecule has 3 N–H and O–H groups in total. The van der Waals surface area contributed by atoms with Crippen LogP contribution in [0.3, 0.4) is 0 Å². The van der Waals surface area contributed by atoms with E-state index in [4.69, 9.17) is 10.5 Å². The van der Waals surface area contributed by atoms with Crippen LogP contribution in [0.4, 0.5) is 10.5 Å². The lowest BCUT2D eigenvalue weighted by atomic mass is 9.98. The van der Waals surface area contributed by atoms with E-state index in [1.165, 1.54) is 22.3 Å². The van der Waals surface area contributed by atoms with Crippen molar-refractivity contribution in [2.75, 3.05) is 18.9 Å². The molecule has 4 heteroatoms. The van der Waals surface area contributed by atoms with Crippen molar-refractivity contribution in [2.45, 2.75) is 19.3 Å². The quantitative estimate of drug-likeness (QED) is 0.376. The molecule has 3 aromatic carbocycles. The van der Waals surface area contributed by atoms with Crippen molar-refractivity contribution in [1.82, 2.24) is 5.32 Å². The monoisotopic (exact) mass is 396 g/mol. The Labute approximate surface area is 177 Å². The number of aryl methyl sites for hydroxylation is 1. The minimum absolute atomic E-state index is 0.0623. The number of fused-ring (bicyclic) bond motifs is 3. The molecule has 0 atom stereocenters. The van der Waals surface area contributed by atoms with Crippen molar-refractivity contribution < 1.29 is 9.53 Å². The van der Waals surface area contributed by atoms with Crippen LogP contribution in [0.1, 0.15) is 34.6 Å². The highest BCUT2D eigenvalue weighted by molar-refractivity contribution is 5.79. The third-order valence-electron chi connectivity index (χ3n) is 5.29. The number of amides is 1. The largest absolute Gasteiger partial charge is 0.449 e. The molecule has 1 amide bonds. The standard InChI is InChI=1S/C26H24N2O2/c1-18-13-14-25(27)19(16-18)8-6-7-15-28-26(29)30-17-24-22-11-4-2-9-20(22)21-10-3-5-12-23(21)24/h2-5,9-14,16,24H,7,15,17,27H2,1H3,(H,28,29). The molecule has 0 fully saturated rings. The van der Waals surface area contributed by atoms with E-state index in [9.17, 15) is 4.79 Å². The fourth-order valence-electron chi connectivity index (χ4n) is 3.81. The van der Waals surface area contributed by atoms with Crippen LogP contribution in [-0.2, 0) is 4.74 Å². The summed E-state index contributed by atoms with van der Waals surface area (Å²) in [6.07, 6.45) is 0.103. The second-order valence-electron chi connectivity index (χ2n) is 7.39. The molecule has 0 bridgehead atoms. The fourth-order valence-corrected chi connectivity index (χ4v) is 3.81. The van der Waals surface area contributed by atoms with E-state index in [0.29, 0.717) is 25.3 Å². The van der Waals surface area contributed by atoms with E-state index >= 15 is 0 Å². The normalized spacial score (nSPS) is 11.8. The number of benzene rings is 3. The van der Waals surface area contributed by atoms with Gasteiger partial charge in [-0.05, 0) is 46.9 Å². The number of nitrogen functional groups attached to an aromatic ring is 1. The number of nitrogens with one attached hydrogen (secondary N) is 1. The topological polar surface area (TPSA) is 64.3 Å². The maximum absolute atomic E-state index is 12.2. The summed E-state index contributed by atoms with van der Waals surface area (Å²) >= 11 is 0. The van der Waals surface area contributed by atoms with Crippen molar-refractivity contribution >= 4 is 11.8 Å². The first-order valence-electron chi connectivity index (χ1n) is 10.1.